The van der Waals surface area contributed by atoms with Crippen LogP contribution in [-0.2, 0) is 0 Å². The van der Waals surface area contributed by atoms with Gasteiger partial charge < -0.3 is 10.7 Å². The van der Waals surface area contributed by atoms with Crippen molar-refractivity contribution in [1.29, 1.82) is 0 Å². The molecular weight excluding hydrogens is 208 g/mol. The molecule has 17 heavy (non-hydrogen) atoms. The van der Waals surface area contributed by atoms with Crippen LogP contribution in [0.3, 0.4) is 0 Å². The quantitative estimate of drug-likeness (QED) is 0.686. The summed E-state index contributed by atoms with van der Waals surface area (Å²) in [4.78, 5) is 3.41. The second-order valence-electron chi connectivity index (χ2n) is 4.11. The highest BCUT2D eigenvalue weighted by Crippen LogP contribution is 2.26. The van der Waals surface area contributed by atoms with Crippen molar-refractivity contribution < 1.29 is 0 Å². The molecule has 0 saturated carbocycles. The topological polar surface area (TPSA) is 41.8 Å². The number of rotatable bonds is 2. The molecule has 0 saturated heterocycles. The molecule has 0 spiro atoms. The van der Waals surface area contributed by atoms with E-state index in [2.05, 4.69) is 47.5 Å². The largest absolute Gasteiger partial charge is 0.355 e. The fourth-order valence-electron chi connectivity index (χ4n) is 2.17. The van der Waals surface area contributed by atoms with Crippen LogP contribution < -0.4 is 5.73 Å². The highest BCUT2D eigenvalue weighted by atomic mass is 14.7. The van der Waals surface area contributed by atoms with Gasteiger partial charge in [0, 0.05) is 28.4 Å². The Morgan fingerprint density at radius 2 is 1.82 bits per heavy atom. The second kappa shape index (κ2) is 4.07. The fourth-order valence-corrected chi connectivity index (χ4v) is 2.17. The molecule has 0 fully saturated rings. The summed E-state index contributed by atoms with van der Waals surface area (Å²) in [7, 11) is 0. The van der Waals surface area contributed by atoms with E-state index in [1.807, 2.05) is 12.1 Å². The fraction of sp³-hybridized carbons (Fsp3) is 0.0667. The van der Waals surface area contributed by atoms with Crippen LogP contribution in [0.15, 0.2) is 48.5 Å². The molecule has 0 bridgehead atoms. The lowest BCUT2D eigenvalue weighted by atomic mass is 10.1. The van der Waals surface area contributed by atoms with Crippen LogP contribution in [0.1, 0.15) is 5.56 Å². The predicted molar refractivity (Wildman–Crippen MR) is 73.9 cm³/mol. The summed E-state index contributed by atoms with van der Waals surface area (Å²) in [5, 5.41) is 2.53. The minimum atomic E-state index is 0.575. The number of fused-ring (bicyclic) bond motifs is 3. The third kappa shape index (κ3) is 1.73. The van der Waals surface area contributed by atoms with Crippen molar-refractivity contribution >= 4 is 27.9 Å². The van der Waals surface area contributed by atoms with Crippen LogP contribution in [0.2, 0.25) is 0 Å². The molecule has 1 heterocycles. The Hall–Kier alpha value is -2.06. The average molecular weight is 222 g/mol. The standard InChI is InChI=1S/C15H14N2/c16-9-3-4-11-7-8-15-13(10-11)12-5-1-2-6-14(12)17-15/h1-8,10,17H,9,16H2/b4-3+. The molecule has 0 atom stereocenters. The smallest absolute Gasteiger partial charge is 0.0465 e. The third-order valence-corrected chi connectivity index (χ3v) is 2.98. The zero-order valence-electron chi connectivity index (χ0n) is 9.48. The maximum Gasteiger partial charge on any atom is 0.0465 e. The molecule has 2 aromatic carbocycles. The number of H-pyrrole nitrogens is 1. The maximum atomic E-state index is 5.47. The lowest BCUT2D eigenvalue weighted by Gasteiger charge is -1.95. The van der Waals surface area contributed by atoms with E-state index in [9.17, 15) is 0 Å². The average Bonchev–Trinajstić information content (AvgIpc) is 2.74. The molecule has 2 heteroatoms. The molecule has 2 nitrogen and oxygen atoms in total. The molecule has 3 rings (SSSR count). The number of para-hydroxylation sites is 1. The predicted octanol–water partition coefficient (Wildman–Crippen LogP) is 3.29. The Morgan fingerprint density at radius 3 is 2.71 bits per heavy atom. The molecule has 0 aliphatic carbocycles. The van der Waals surface area contributed by atoms with Crippen LogP contribution in [-0.4, -0.2) is 11.5 Å². The van der Waals surface area contributed by atoms with Crippen LogP contribution >= 0.6 is 0 Å². The van der Waals surface area contributed by atoms with Gasteiger partial charge in [-0.3, -0.25) is 0 Å². The molecule has 84 valence electrons. The van der Waals surface area contributed by atoms with Gasteiger partial charge in [0.15, 0.2) is 0 Å². The minimum absolute atomic E-state index is 0.575. The van der Waals surface area contributed by atoms with Gasteiger partial charge in [-0.15, -0.1) is 0 Å². The van der Waals surface area contributed by atoms with Gasteiger partial charge in [-0.2, -0.15) is 0 Å². The summed E-state index contributed by atoms with van der Waals surface area (Å²) in [6, 6.07) is 14.8. The van der Waals surface area contributed by atoms with Crippen molar-refractivity contribution in [3.63, 3.8) is 0 Å². The monoisotopic (exact) mass is 222 g/mol. The summed E-state index contributed by atoms with van der Waals surface area (Å²) < 4.78 is 0. The molecule has 0 radical (unpaired) electrons. The molecule has 3 N–H and O–H groups in total. The minimum Gasteiger partial charge on any atom is -0.355 e. The molecular formula is C15H14N2. The Balaban J connectivity index is 2.26. The number of nitrogens with two attached hydrogens (primary N) is 1. The summed E-state index contributed by atoms with van der Waals surface area (Å²) >= 11 is 0. The SMILES string of the molecule is NC/C=C/c1ccc2[nH]c3ccccc3c2c1. The highest BCUT2D eigenvalue weighted by Gasteiger charge is 2.02. The highest BCUT2D eigenvalue weighted by molar-refractivity contribution is 6.07. The van der Waals surface area contributed by atoms with Crippen LogP contribution in [0, 0.1) is 0 Å². The molecule has 1 aromatic heterocycles. The Kier molecular flexibility index (Phi) is 2.42. The first-order chi connectivity index (χ1) is 8.38. The number of aromatic nitrogens is 1. The van der Waals surface area contributed by atoms with E-state index in [4.69, 9.17) is 5.73 Å². The Labute approximate surface area is 99.7 Å². The van der Waals surface area contributed by atoms with Gasteiger partial charge in [-0.05, 0) is 23.8 Å². The van der Waals surface area contributed by atoms with Crippen molar-refractivity contribution in [3.05, 3.63) is 54.1 Å². The second-order valence-corrected chi connectivity index (χ2v) is 4.11. The molecule has 0 aliphatic heterocycles. The lowest BCUT2D eigenvalue weighted by Crippen LogP contribution is -1.91. The van der Waals surface area contributed by atoms with Crippen molar-refractivity contribution in [2.75, 3.05) is 6.54 Å². The van der Waals surface area contributed by atoms with Crippen molar-refractivity contribution in [2.45, 2.75) is 0 Å². The Bertz CT molecular complexity index is 692. The summed E-state index contributed by atoms with van der Waals surface area (Å²) in [5.74, 6) is 0. The van der Waals surface area contributed by atoms with E-state index in [0.717, 1.165) is 0 Å². The van der Waals surface area contributed by atoms with Gasteiger partial charge >= 0.3 is 0 Å². The van der Waals surface area contributed by atoms with Crippen molar-refractivity contribution in [2.24, 2.45) is 5.73 Å². The number of hydrogen-bond donors (Lipinski definition) is 2. The van der Waals surface area contributed by atoms with Crippen molar-refractivity contribution in [1.82, 2.24) is 4.98 Å². The van der Waals surface area contributed by atoms with E-state index in [-0.39, 0.29) is 0 Å². The van der Waals surface area contributed by atoms with Gasteiger partial charge in [0.1, 0.15) is 0 Å². The van der Waals surface area contributed by atoms with E-state index < -0.39 is 0 Å². The normalized spacial score (nSPS) is 11.8. The van der Waals surface area contributed by atoms with E-state index in [0.29, 0.717) is 6.54 Å². The number of aromatic amines is 1. The molecule has 0 amide bonds. The zero-order chi connectivity index (χ0) is 11.7. The Morgan fingerprint density at radius 1 is 1.00 bits per heavy atom. The first kappa shape index (κ1) is 10.1. The van der Waals surface area contributed by atoms with Crippen LogP contribution in [0.4, 0.5) is 0 Å². The summed E-state index contributed by atoms with van der Waals surface area (Å²) in [6.45, 7) is 0.575. The van der Waals surface area contributed by atoms with Gasteiger partial charge in [0.25, 0.3) is 0 Å². The summed E-state index contributed by atoms with van der Waals surface area (Å²) in [6.07, 6.45) is 4.03. The van der Waals surface area contributed by atoms with E-state index >= 15 is 0 Å². The first-order valence-corrected chi connectivity index (χ1v) is 5.75. The van der Waals surface area contributed by atoms with Crippen LogP contribution in [0.25, 0.3) is 27.9 Å². The van der Waals surface area contributed by atoms with Gasteiger partial charge in [-0.1, -0.05) is 36.4 Å². The number of nitrogens with one attached hydrogen (secondary N) is 1. The van der Waals surface area contributed by atoms with Crippen LogP contribution in [0.5, 0.6) is 0 Å². The van der Waals surface area contributed by atoms with E-state index in [1.54, 1.807) is 0 Å². The van der Waals surface area contributed by atoms with Gasteiger partial charge in [-0.25, -0.2) is 0 Å². The third-order valence-electron chi connectivity index (χ3n) is 2.98. The molecule has 0 unspecified atom stereocenters. The van der Waals surface area contributed by atoms with Gasteiger partial charge in [0.2, 0.25) is 0 Å². The number of hydrogen-bond acceptors (Lipinski definition) is 1. The molecule has 3 aromatic rings. The molecule has 0 aliphatic rings. The maximum absolute atomic E-state index is 5.47. The lowest BCUT2D eigenvalue weighted by molar-refractivity contribution is 1.26. The first-order valence-electron chi connectivity index (χ1n) is 5.75. The number of benzene rings is 2. The van der Waals surface area contributed by atoms with Crippen molar-refractivity contribution in [3.8, 4) is 0 Å². The van der Waals surface area contributed by atoms with E-state index in [1.165, 1.54) is 27.4 Å². The zero-order valence-corrected chi connectivity index (χ0v) is 9.48. The summed E-state index contributed by atoms with van der Waals surface area (Å²) in [5.41, 5.74) is 9.01. The van der Waals surface area contributed by atoms with Gasteiger partial charge in [0.05, 0.1) is 0 Å².